The molecule has 19 heavy (non-hydrogen) atoms. The lowest BCUT2D eigenvalue weighted by Gasteiger charge is -2.38. The molecule has 3 heterocycles. The van der Waals surface area contributed by atoms with Crippen LogP contribution in [0.4, 0.5) is 5.82 Å². The molecule has 2 aromatic rings. The summed E-state index contributed by atoms with van der Waals surface area (Å²) in [6.07, 6.45) is 9.77. The fraction of sp³-hybridized carbons (Fsp3) is 0.462. The summed E-state index contributed by atoms with van der Waals surface area (Å²) in [5.41, 5.74) is 3.92. The van der Waals surface area contributed by atoms with Crippen molar-refractivity contribution in [1.29, 1.82) is 0 Å². The van der Waals surface area contributed by atoms with Crippen LogP contribution in [-0.4, -0.2) is 20.7 Å². The molecule has 2 aliphatic rings. The highest BCUT2D eigenvalue weighted by molar-refractivity contribution is 6.28. The number of hydrazone groups is 1. The highest BCUT2D eigenvalue weighted by Crippen LogP contribution is 2.40. The van der Waals surface area contributed by atoms with Gasteiger partial charge in [-0.25, -0.2) is 4.98 Å². The van der Waals surface area contributed by atoms with Gasteiger partial charge in [-0.1, -0.05) is 19.3 Å². The van der Waals surface area contributed by atoms with Crippen LogP contribution >= 0.6 is 11.6 Å². The van der Waals surface area contributed by atoms with E-state index < -0.39 is 0 Å². The first-order valence-corrected chi connectivity index (χ1v) is 7.01. The number of fused-ring (bicyclic) bond motifs is 4. The molecule has 1 aliphatic carbocycles. The third kappa shape index (κ3) is 1.57. The van der Waals surface area contributed by atoms with Crippen LogP contribution in [0.1, 0.15) is 32.1 Å². The molecule has 0 saturated heterocycles. The zero-order valence-electron chi connectivity index (χ0n) is 10.4. The van der Waals surface area contributed by atoms with Gasteiger partial charge in [0.1, 0.15) is 11.5 Å². The molecule has 1 spiro atoms. The topological polar surface area (TPSA) is 55.1 Å². The first-order chi connectivity index (χ1) is 9.28. The monoisotopic (exact) mass is 275 g/mol. The van der Waals surface area contributed by atoms with Gasteiger partial charge in [-0.2, -0.15) is 10.1 Å². The van der Waals surface area contributed by atoms with E-state index in [0.717, 1.165) is 29.7 Å². The second kappa shape index (κ2) is 3.93. The lowest BCUT2D eigenvalue weighted by Crippen LogP contribution is -2.40. The third-order valence-electron chi connectivity index (χ3n) is 4.16. The molecule has 0 aromatic carbocycles. The minimum Gasteiger partial charge on any atom is -0.299 e. The van der Waals surface area contributed by atoms with E-state index in [1.165, 1.54) is 19.3 Å². The summed E-state index contributed by atoms with van der Waals surface area (Å²) in [6.45, 7) is 0. The summed E-state index contributed by atoms with van der Waals surface area (Å²) < 4.78 is 2.25. The molecule has 0 bridgehead atoms. The zero-order valence-corrected chi connectivity index (χ0v) is 11.2. The molecule has 1 aliphatic heterocycles. The van der Waals surface area contributed by atoms with Crippen LogP contribution in [0.25, 0.3) is 11.0 Å². The van der Waals surface area contributed by atoms with Crippen molar-refractivity contribution in [3.63, 3.8) is 0 Å². The summed E-state index contributed by atoms with van der Waals surface area (Å²) in [5.74, 6) is 0.982. The molecule has 2 aromatic heterocycles. The maximum atomic E-state index is 5.96. The molecule has 1 fully saturated rings. The highest BCUT2D eigenvalue weighted by Gasteiger charge is 2.37. The summed E-state index contributed by atoms with van der Waals surface area (Å²) in [7, 11) is 0. The smallest absolute Gasteiger partial charge is 0.224 e. The van der Waals surface area contributed by atoms with E-state index in [0.29, 0.717) is 5.28 Å². The average Bonchev–Trinajstić information content (AvgIpc) is 2.79. The molecule has 1 N–H and O–H groups in total. The van der Waals surface area contributed by atoms with Gasteiger partial charge in [-0.15, -0.1) is 0 Å². The molecular weight excluding hydrogens is 262 g/mol. The molecule has 0 amide bonds. The predicted octanol–water partition coefficient (Wildman–Crippen LogP) is 3.16. The lowest BCUT2D eigenvalue weighted by atomic mass is 9.82. The van der Waals surface area contributed by atoms with Crippen molar-refractivity contribution in [2.24, 2.45) is 5.10 Å². The van der Waals surface area contributed by atoms with Crippen LogP contribution < -0.4 is 5.43 Å². The number of rotatable bonds is 0. The van der Waals surface area contributed by atoms with E-state index >= 15 is 0 Å². The molecule has 6 heteroatoms. The fourth-order valence-electron chi connectivity index (χ4n) is 3.29. The second-order valence-corrected chi connectivity index (χ2v) is 5.66. The Bertz CT molecular complexity index is 669. The van der Waals surface area contributed by atoms with Gasteiger partial charge in [0.05, 0.1) is 11.8 Å². The largest absolute Gasteiger partial charge is 0.299 e. The minimum absolute atomic E-state index is 0.0434. The molecule has 0 radical (unpaired) electrons. The number of nitrogens with one attached hydrogen (secondary N) is 1. The van der Waals surface area contributed by atoms with Gasteiger partial charge in [0, 0.05) is 11.6 Å². The highest BCUT2D eigenvalue weighted by atomic mass is 35.5. The Morgan fingerprint density at radius 1 is 1.26 bits per heavy atom. The SMILES string of the molecule is Clc1ncc2cc3n(c2n1)C1(C=NN3)CCCCC1. The Kier molecular flexibility index (Phi) is 2.33. The van der Waals surface area contributed by atoms with E-state index in [1.807, 2.05) is 12.3 Å². The van der Waals surface area contributed by atoms with Crippen LogP contribution in [0.3, 0.4) is 0 Å². The van der Waals surface area contributed by atoms with Gasteiger partial charge in [0.15, 0.2) is 0 Å². The van der Waals surface area contributed by atoms with Gasteiger partial charge < -0.3 is 0 Å². The normalized spacial score (nSPS) is 20.5. The molecular formula is C13H14ClN5. The third-order valence-corrected chi connectivity index (χ3v) is 4.34. The molecule has 0 atom stereocenters. The van der Waals surface area contributed by atoms with E-state index in [9.17, 15) is 0 Å². The van der Waals surface area contributed by atoms with Gasteiger partial charge in [0.25, 0.3) is 0 Å². The molecule has 0 unspecified atom stereocenters. The Balaban J connectivity index is 1.99. The lowest BCUT2D eigenvalue weighted by molar-refractivity contribution is 0.293. The van der Waals surface area contributed by atoms with Gasteiger partial charge in [-0.3, -0.25) is 9.99 Å². The summed E-state index contributed by atoms with van der Waals surface area (Å²) >= 11 is 5.96. The van der Waals surface area contributed by atoms with Gasteiger partial charge in [0.2, 0.25) is 5.28 Å². The standard InChI is InChI=1S/C13H14ClN5/c14-12-15-7-9-6-10-18-16-8-13(4-2-1-3-5-13)19(10)11(9)17-12/h6-8,18H,1-5H2. The number of hydrogen-bond donors (Lipinski definition) is 1. The molecule has 5 nitrogen and oxygen atoms in total. The average molecular weight is 276 g/mol. The van der Waals surface area contributed by atoms with Crippen LogP contribution in [0.5, 0.6) is 0 Å². The van der Waals surface area contributed by atoms with Crippen molar-refractivity contribution < 1.29 is 0 Å². The quantitative estimate of drug-likeness (QED) is 0.752. The number of anilines is 1. The van der Waals surface area contributed by atoms with Crippen molar-refractivity contribution in [3.8, 4) is 0 Å². The summed E-state index contributed by atoms with van der Waals surface area (Å²) in [5, 5.41) is 5.63. The van der Waals surface area contributed by atoms with Crippen molar-refractivity contribution in [1.82, 2.24) is 14.5 Å². The number of nitrogens with zero attached hydrogens (tertiary/aromatic N) is 4. The van der Waals surface area contributed by atoms with Gasteiger partial charge in [-0.05, 0) is 30.5 Å². The number of hydrogen-bond acceptors (Lipinski definition) is 4. The number of halogens is 1. The van der Waals surface area contributed by atoms with Crippen LogP contribution in [0.2, 0.25) is 5.28 Å². The number of aromatic nitrogens is 3. The Morgan fingerprint density at radius 2 is 2.11 bits per heavy atom. The van der Waals surface area contributed by atoms with Crippen LogP contribution in [0.15, 0.2) is 17.4 Å². The minimum atomic E-state index is -0.0434. The Morgan fingerprint density at radius 3 is 2.95 bits per heavy atom. The van der Waals surface area contributed by atoms with Crippen molar-refractivity contribution >= 4 is 34.7 Å². The molecule has 98 valence electrons. The van der Waals surface area contributed by atoms with Crippen molar-refractivity contribution in [3.05, 3.63) is 17.5 Å². The first kappa shape index (κ1) is 11.2. The van der Waals surface area contributed by atoms with E-state index in [1.54, 1.807) is 6.20 Å². The van der Waals surface area contributed by atoms with E-state index in [4.69, 9.17) is 11.6 Å². The van der Waals surface area contributed by atoms with Crippen LogP contribution in [-0.2, 0) is 5.54 Å². The maximum Gasteiger partial charge on any atom is 0.224 e. The Labute approximate surface area is 115 Å². The Hall–Kier alpha value is -1.62. The zero-order chi connectivity index (χ0) is 12.9. The molecule has 4 rings (SSSR count). The van der Waals surface area contributed by atoms with E-state index in [-0.39, 0.29) is 5.54 Å². The first-order valence-electron chi connectivity index (χ1n) is 6.63. The summed E-state index contributed by atoms with van der Waals surface area (Å²) in [4.78, 5) is 8.47. The summed E-state index contributed by atoms with van der Waals surface area (Å²) in [6, 6.07) is 2.04. The van der Waals surface area contributed by atoms with Crippen molar-refractivity contribution in [2.45, 2.75) is 37.6 Å². The maximum absolute atomic E-state index is 5.96. The van der Waals surface area contributed by atoms with Crippen molar-refractivity contribution in [2.75, 3.05) is 5.43 Å². The fourth-order valence-corrected chi connectivity index (χ4v) is 3.42. The van der Waals surface area contributed by atoms with E-state index in [2.05, 4.69) is 25.1 Å². The van der Waals surface area contributed by atoms with Crippen LogP contribution in [0, 0.1) is 0 Å². The second-order valence-electron chi connectivity index (χ2n) is 5.32. The molecule has 1 saturated carbocycles. The predicted molar refractivity (Wildman–Crippen MR) is 75.7 cm³/mol. The van der Waals surface area contributed by atoms with Gasteiger partial charge >= 0.3 is 0 Å².